The average Bonchev–Trinajstić information content (AvgIpc) is 3.18. The predicted octanol–water partition coefficient (Wildman–Crippen LogP) is 1.03. The van der Waals surface area contributed by atoms with E-state index in [1.807, 2.05) is 37.3 Å². The van der Waals surface area contributed by atoms with E-state index in [2.05, 4.69) is 15.6 Å². The van der Waals surface area contributed by atoms with Gasteiger partial charge in [-0.05, 0) is 26.0 Å². The van der Waals surface area contributed by atoms with E-state index in [1.54, 1.807) is 6.92 Å². The Hall–Kier alpha value is -3.16. The number of hydrogen-bond donors (Lipinski definition) is 2. The molecule has 2 amide bonds. The number of amides is 2. The van der Waals surface area contributed by atoms with Crippen LogP contribution in [0.3, 0.4) is 0 Å². The number of rotatable bonds is 5. The van der Waals surface area contributed by atoms with Gasteiger partial charge in [0.2, 0.25) is 5.91 Å². The topological polar surface area (TPSA) is 114 Å². The summed E-state index contributed by atoms with van der Waals surface area (Å²) in [5, 5.41) is 12.4. The molecule has 0 radical (unpaired) electrons. The molecular formula is C17H19N5O3. The van der Waals surface area contributed by atoms with Gasteiger partial charge in [0.15, 0.2) is 0 Å². The molecule has 0 unspecified atom stereocenters. The maximum absolute atomic E-state index is 12.4. The summed E-state index contributed by atoms with van der Waals surface area (Å²) in [6.07, 6.45) is 0.164. The number of primary amides is 1. The number of aromatic nitrogens is 1. The highest BCUT2D eigenvalue weighted by Gasteiger charge is 2.34. The largest absolute Gasteiger partial charge is 0.368 e. The van der Waals surface area contributed by atoms with Crippen molar-refractivity contribution < 1.29 is 14.1 Å². The van der Waals surface area contributed by atoms with Gasteiger partial charge in [-0.2, -0.15) is 5.10 Å². The second-order valence-electron chi connectivity index (χ2n) is 5.83. The number of anilines is 1. The molecule has 0 spiro atoms. The zero-order valence-electron chi connectivity index (χ0n) is 14.0. The first-order chi connectivity index (χ1) is 12.0. The maximum Gasteiger partial charge on any atom is 0.267 e. The molecule has 25 heavy (non-hydrogen) atoms. The molecule has 0 saturated heterocycles. The zero-order valence-corrected chi connectivity index (χ0v) is 14.0. The number of carbonyl (C=O) groups is 2. The minimum absolute atomic E-state index is 0.164. The van der Waals surface area contributed by atoms with Crippen LogP contribution in [0.1, 0.15) is 23.4 Å². The van der Waals surface area contributed by atoms with Crippen LogP contribution < -0.4 is 16.1 Å². The zero-order chi connectivity index (χ0) is 18.0. The number of carbonyl (C=O) groups excluding carboxylic acids is 2. The van der Waals surface area contributed by atoms with Crippen LogP contribution in [-0.2, 0) is 16.1 Å². The lowest BCUT2D eigenvalue weighted by Crippen LogP contribution is -2.39. The Kier molecular flexibility index (Phi) is 4.51. The van der Waals surface area contributed by atoms with Crippen LogP contribution in [0.4, 0.5) is 5.69 Å². The molecule has 1 aromatic heterocycles. The molecule has 8 nitrogen and oxygen atoms in total. The highest BCUT2D eigenvalue weighted by Crippen LogP contribution is 2.24. The normalized spacial score (nSPS) is 16.6. The molecule has 0 fully saturated rings. The number of para-hydroxylation sites is 1. The third-order valence-electron chi connectivity index (χ3n) is 4.13. The lowest BCUT2D eigenvalue weighted by Gasteiger charge is -2.20. The van der Waals surface area contributed by atoms with Crippen LogP contribution in [0.5, 0.6) is 0 Å². The summed E-state index contributed by atoms with van der Waals surface area (Å²) >= 11 is 0. The molecule has 8 heteroatoms. The van der Waals surface area contributed by atoms with E-state index in [1.165, 1.54) is 5.01 Å². The number of benzene rings is 1. The van der Waals surface area contributed by atoms with E-state index in [0.29, 0.717) is 11.4 Å². The van der Waals surface area contributed by atoms with E-state index >= 15 is 0 Å². The smallest absolute Gasteiger partial charge is 0.267 e. The van der Waals surface area contributed by atoms with Gasteiger partial charge in [0.05, 0.1) is 11.4 Å². The number of aryl methyl sites for hydroxylation is 2. The molecule has 2 heterocycles. The average molecular weight is 341 g/mol. The van der Waals surface area contributed by atoms with Crippen molar-refractivity contribution in [3.63, 3.8) is 0 Å². The van der Waals surface area contributed by atoms with E-state index in [4.69, 9.17) is 10.3 Å². The Bertz CT molecular complexity index is 809. The van der Waals surface area contributed by atoms with Gasteiger partial charge >= 0.3 is 0 Å². The summed E-state index contributed by atoms with van der Waals surface area (Å²) in [5.41, 5.74) is 8.00. The van der Waals surface area contributed by atoms with Gasteiger partial charge in [0.1, 0.15) is 17.5 Å². The molecule has 0 bridgehead atoms. The molecular weight excluding hydrogens is 322 g/mol. The van der Waals surface area contributed by atoms with Gasteiger partial charge in [0, 0.05) is 18.5 Å². The standard InChI is InChI=1S/C17H19N5O3/c1-10-13(11(2)25-21-10)9-19-17(24)14-8-15(16(18)23)22(20-14)12-6-4-3-5-7-12/h3-7,15H,8-9H2,1-2H3,(H2,18,23)(H,19,24)/t15-/m1/s1. The fourth-order valence-corrected chi connectivity index (χ4v) is 2.71. The van der Waals surface area contributed by atoms with E-state index < -0.39 is 11.9 Å². The van der Waals surface area contributed by atoms with Crippen LogP contribution in [0.15, 0.2) is 40.0 Å². The molecule has 130 valence electrons. The number of nitrogens with one attached hydrogen (secondary N) is 1. The molecule has 1 aromatic carbocycles. The molecule has 1 atom stereocenters. The number of hydrogen-bond acceptors (Lipinski definition) is 6. The van der Waals surface area contributed by atoms with Gasteiger partial charge in [0.25, 0.3) is 5.91 Å². The first-order valence-electron chi connectivity index (χ1n) is 7.88. The van der Waals surface area contributed by atoms with Crippen LogP contribution >= 0.6 is 0 Å². The van der Waals surface area contributed by atoms with Crippen LogP contribution in [0.2, 0.25) is 0 Å². The van der Waals surface area contributed by atoms with Crippen molar-refractivity contribution in [3.8, 4) is 0 Å². The van der Waals surface area contributed by atoms with E-state index in [-0.39, 0.29) is 24.6 Å². The third kappa shape index (κ3) is 3.37. The van der Waals surface area contributed by atoms with Crippen molar-refractivity contribution >= 4 is 23.2 Å². The summed E-state index contributed by atoms with van der Waals surface area (Å²) in [5.74, 6) is -0.210. The lowest BCUT2D eigenvalue weighted by molar-refractivity contribution is -0.119. The van der Waals surface area contributed by atoms with Crippen LogP contribution in [0.25, 0.3) is 0 Å². The van der Waals surface area contributed by atoms with Gasteiger partial charge in [-0.3, -0.25) is 14.6 Å². The Morgan fingerprint density at radius 1 is 1.32 bits per heavy atom. The maximum atomic E-state index is 12.4. The van der Waals surface area contributed by atoms with Crippen LogP contribution in [0, 0.1) is 13.8 Å². The third-order valence-corrected chi connectivity index (χ3v) is 4.13. The first-order valence-corrected chi connectivity index (χ1v) is 7.88. The predicted molar refractivity (Wildman–Crippen MR) is 91.8 cm³/mol. The summed E-state index contributed by atoms with van der Waals surface area (Å²) in [7, 11) is 0. The SMILES string of the molecule is Cc1noc(C)c1CNC(=O)C1=NN(c2ccccc2)[C@@H](C(N)=O)C1. The van der Waals surface area contributed by atoms with Crippen LogP contribution in [-0.4, -0.2) is 28.7 Å². The van der Waals surface area contributed by atoms with Crippen molar-refractivity contribution in [3.05, 3.63) is 47.3 Å². The molecule has 1 aliphatic heterocycles. The molecule has 0 aliphatic carbocycles. The Morgan fingerprint density at radius 2 is 2.04 bits per heavy atom. The Balaban J connectivity index is 1.75. The summed E-state index contributed by atoms with van der Waals surface area (Å²) < 4.78 is 5.08. The summed E-state index contributed by atoms with van der Waals surface area (Å²) in [6.45, 7) is 3.88. The summed E-state index contributed by atoms with van der Waals surface area (Å²) in [4.78, 5) is 24.2. The second-order valence-corrected chi connectivity index (χ2v) is 5.83. The first kappa shape index (κ1) is 16.7. The molecule has 1 aliphatic rings. The van der Waals surface area contributed by atoms with E-state index in [0.717, 1.165) is 11.3 Å². The van der Waals surface area contributed by atoms with Crippen molar-refractivity contribution in [1.82, 2.24) is 10.5 Å². The highest BCUT2D eigenvalue weighted by atomic mass is 16.5. The Labute approximate surface area is 144 Å². The monoisotopic (exact) mass is 341 g/mol. The minimum atomic E-state index is -0.679. The van der Waals surface area contributed by atoms with Gasteiger partial charge in [-0.15, -0.1) is 0 Å². The van der Waals surface area contributed by atoms with Gasteiger partial charge in [-0.1, -0.05) is 23.4 Å². The molecule has 2 aromatic rings. The van der Waals surface area contributed by atoms with Gasteiger partial charge < -0.3 is 15.6 Å². The number of nitrogens with two attached hydrogens (primary N) is 1. The van der Waals surface area contributed by atoms with Crippen molar-refractivity contribution in [1.29, 1.82) is 0 Å². The van der Waals surface area contributed by atoms with E-state index in [9.17, 15) is 9.59 Å². The fraction of sp³-hybridized carbons (Fsp3) is 0.294. The van der Waals surface area contributed by atoms with Gasteiger partial charge in [-0.25, -0.2) is 0 Å². The fourth-order valence-electron chi connectivity index (χ4n) is 2.71. The number of nitrogens with zero attached hydrogens (tertiary/aromatic N) is 3. The number of hydrazone groups is 1. The molecule has 0 saturated carbocycles. The Morgan fingerprint density at radius 3 is 2.64 bits per heavy atom. The quantitative estimate of drug-likeness (QED) is 0.843. The minimum Gasteiger partial charge on any atom is -0.368 e. The molecule has 3 N–H and O–H groups in total. The van der Waals surface area contributed by atoms with Crippen molar-refractivity contribution in [2.24, 2.45) is 10.8 Å². The lowest BCUT2D eigenvalue weighted by atomic mass is 10.1. The van der Waals surface area contributed by atoms with Crippen molar-refractivity contribution in [2.75, 3.05) is 5.01 Å². The van der Waals surface area contributed by atoms with Crippen molar-refractivity contribution in [2.45, 2.75) is 32.9 Å². The summed E-state index contributed by atoms with van der Waals surface area (Å²) in [6, 6.07) is 8.47. The second kappa shape index (κ2) is 6.76. The highest BCUT2D eigenvalue weighted by molar-refractivity contribution is 6.40. The molecule has 3 rings (SSSR count).